The third-order valence-electron chi connectivity index (χ3n) is 8.95. The number of hydrogen-bond donors (Lipinski definition) is 4. The number of carbonyl (C=O) groups is 1. The Labute approximate surface area is 291 Å². The van der Waals surface area contributed by atoms with Gasteiger partial charge in [0.05, 0.1) is 10.4 Å². The number of carbonyl (C=O) groups excluding carboxylic acids is 1. The van der Waals surface area contributed by atoms with Crippen LogP contribution in [0.1, 0.15) is 12.5 Å². The molecule has 0 spiro atoms. The summed E-state index contributed by atoms with van der Waals surface area (Å²) in [5, 5.41) is 16.0. The number of anilines is 3. The van der Waals surface area contributed by atoms with E-state index < -0.39 is 16.1 Å². The average molecular weight is 690 g/mol. The molecular weight excluding hydrogens is 651 g/mol. The van der Waals surface area contributed by atoms with Crippen molar-refractivity contribution in [2.24, 2.45) is 0 Å². The van der Waals surface area contributed by atoms with Gasteiger partial charge in [0.25, 0.3) is 10.0 Å². The molecule has 2 heterocycles. The third kappa shape index (κ3) is 7.45. The van der Waals surface area contributed by atoms with Crippen molar-refractivity contribution in [3.05, 3.63) is 127 Å². The molecule has 50 heavy (non-hydrogen) atoms. The van der Waals surface area contributed by atoms with Crippen LogP contribution in [0.5, 0.6) is 5.75 Å². The van der Waals surface area contributed by atoms with Gasteiger partial charge in [-0.2, -0.15) is 0 Å². The number of sulfonamides is 1. The van der Waals surface area contributed by atoms with Gasteiger partial charge in [-0.05, 0) is 72.3 Å². The molecule has 1 aliphatic heterocycles. The van der Waals surface area contributed by atoms with E-state index in [-0.39, 0.29) is 23.5 Å². The number of rotatable bonds is 13. The molecule has 5 aromatic carbocycles. The van der Waals surface area contributed by atoms with E-state index in [4.69, 9.17) is 4.74 Å². The Morgan fingerprint density at radius 3 is 2.30 bits per heavy atom. The number of aromatic nitrogens is 1. The Hall–Kier alpha value is -5.36. The SMILES string of the molecule is CC(=O)Nc1ccc(S(=O)(=O)Nc2ccc(N3CC(N(Cc4ccccc4)CC(O)COc4cccc5[nH]c6ccccc6c45)C3)cc2)cc1. The fourth-order valence-corrected chi connectivity index (χ4v) is 7.49. The lowest BCUT2D eigenvalue weighted by Gasteiger charge is -2.47. The van der Waals surface area contributed by atoms with Crippen molar-refractivity contribution in [2.75, 3.05) is 41.2 Å². The van der Waals surface area contributed by atoms with Gasteiger partial charge in [-0.3, -0.25) is 14.4 Å². The standard InChI is InChI=1S/C39H39N5O5S/c1-27(45)40-29-16-20-34(21-17-29)50(47,48)42-30-14-18-31(19-15-30)44-23-32(24-44)43(22-28-8-3-2-4-9-28)25-33(46)26-49-38-13-7-12-37-39(38)35-10-5-6-11-36(35)41-37/h2-21,32-33,41-42,46H,22-26H2,1H3,(H,40,45). The lowest BCUT2D eigenvalue weighted by atomic mass is 10.0. The molecule has 6 aromatic rings. The molecule has 1 aliphatic rings. The second-order valence-electron chi connectivity index (χ2n) is 12.6. The van der Waals surface area contributed by atoms with Crippen molar-refractivity contribution < 1.29 is 23.1 Å². The normalized spacial score (nSPS) is 14.1. The first-order valence-electron chi connectivity index (χ1n) is 16.6. The van der Waals surface area contributed by atoms with Crippen LogP contribution in [-0.4, -0.2) is 67.7 Å². The van der Waals surface area contributed by atoms with Gasteiger partial charge in [0.2, 0.25) is 5.91 Å². The topological polar surface area (TPSA) is 127 Å². The molecule has 0 radical (unpaired) electrons. The Bertz CT molecular complexity index is 2200. The maximum atomic E-state index is 13.0. The van der Waals surface area contributed by atoms with E-state index in [2.05, 4.69) is 43.0 Å². The molecule has 1 amide bonds. The molecule has 1 unspecified atom stereocenters. The second-order valence-corrected chi connectivity index (χ2v) is 14.3. The van der Waals surface area contributed by atoms with Crippen LogP contribution < -0.4 is 19.7 Å². The summed E-state index contributed by atoms with van der Waals surface area (Å²) in [6, 6.07) is 37.9. The summed E-state index contributed by atoms with van der Waals surface area (Å²) in [4.78, 5) is 19.4. The molecule has 11 heteroatoms. The molecule has 7 rings (SSSR count). The summed E-state index contributed by atoms with van der Waals surface area (Å²) in [6.45, 7) is 4.23. The Morgan fingerprint density at radius 2 is 1.56 bits per heavy atom. The van der Waals surface area contributed by atoms with Gasteiger partial charge >= 0.3 is 0 Å². The molecule has 1 fully saturated rings. The number of para-hydroxylation sites is 1. The summed E-state index contributed by atoms with van der Waals surface area (Å²) in [6.07, 6.45) is -0.706. The van der Waals surface area contributed by atoms with Crippen LogP contribution in [0.4, 0.5) is 17.1 Å². The maximum absolute atomic E-state index is 13.0. The van der Waals surface area contributed by atoms with E-state index in [9.17, 15) is 18.3 Å². The van der Waals surface area contributed by atoms with Gasteiger partial charge < -0.3 is 25.0 Å². The number of amides is 1. The van der Waals surface area contributed by atoms with Crippen LogP contribution in [0.3, 0.4) is 0 Å². The van der Waals surface area contributed by atoms with Gasteiger partial charge in [0.15, 0.2) is 0 Å². The molecule has 0 saturated carbocycles. The first-order valence-corrected chi connectivity index (χ1v) is 18.0. The highest BCUT2D eigenvalue weighted by Gasteiger charge is 2.33. The zero-order valence-electron chi connectivity index (χ0n) is 27.6. The minimum Gasteiger partial charge on any atom is -0.490 e. The molecular formula is C39H39N5O5S. The highest BCUT2D eigenvalue weighted by molar-refractivity contribution is 7.92. The number of benzene rings is 5. The number of aromatic amines is 1. The van der Waals surface area contributed by atoms with Crippen LogP contribution in [0.25, 0.3) is 21.8 Å². The third-order valence-corrected chi connectivity index (χ3v) is 10.3. The van der Waals surface area contributed by atoms with Crippen molar-refractivity contribution in [2.45, 2.75) is 30.5 Å². The first-order chi connectivity index (χ1) is 24.2. The number of nitrogens with zero attached hydrogens (tertiary/aromatic N) is 2. The number of nitrogens with one attached hydrogen (secondary N) is 3. The number of hydrogen-bond acceptors (Lipinski definition) is 7. The van der Waals surface area contributed by atoms with E-state index in [1.807, 2.05) is 66.7 Å². The number of aliphatic hydroxyl groups excluding tert-OH is 1. The quantitative estimate of drug-likeness (QED) is 0.114. The summed E-state index contributed by atoms with van der Waals surface area (Å²) in [5.41, 5.74) is 5.18. The molecule has 10 nitrogen and oxygen atoms in total. The molecule has 256 valence electrons. The van der Waals surface area contributed by atoms with Gasteiger partial charge in [-0.25, -0.2) is 8.42 Å². The zero-order chi connectivity index (χ0) is 34.7. The molecule has 0 bridgehead atoms. The van der Waals surface area contributed by atoms with E-state index in [0.717, 1.165) is 46.3 Å². The summed E-state index contributed by atoms with van der Waals surface area (Å²) >= 11 is 0. The van der Waals surface area contributed by atoms with Gasteiger partial charge in [-0.15, -0.1) is 0 Å². The maximum Gasteiger partial charge on any atom is 0.261 e. The van der Waals surface area contributed by atoms with Crippen molar-refractivity contribution >= 4 is 54.8 Å². The van der Waals surface area contributed by atoms with Crippen LogP contribution in [0, 0.1) is 0 Å². The van der Waals surface area contributed by atoms with Crippen LogP contribution >= 0.6 is 0 Å². The predicted octanol–water partition coefficient (Wildman–Crippen LogP) is 6.21. The van der Waals surface area contributed by atoms with E-state index in [1.165, 1.54) is 24.6 Å². The van der Waals surface area contributed by atoms with Crippen molar-refractivity contribution in [3.63, 3.8) is 0 Å². The fourth-order valence-electron chi connectivity index (χ4n) is 6.43. The highest BCUT2D eigenvalue weighted by Crippen LogP contribution is 2.33. The minimum atomic E-state index is -3.80. The Kier molecular flexibility index (Phi) is 9.44. The van der Waals surface area contributed by atoms with Gasteiger partial charge in [-0.1, -0.05) is 54.6 Å². The molecule has 1 saturated heterocycles. The molecule has 1 aromatic heterocycles. The van der Waals surface area contributed by atoms with Crippen LogP contribution in [0.2, 0.25) is 0 Å². The molecule has 0 aliphatic carbocycles. The van der Waals surface area contributed by atoms with Crippen molar-refractivity contribution in [3.8, 4) is 5.75 Å². The summed E-state index contributed by atoms with van der Waals surface area (Å²) in [7, 11) is -3.80. The number of fused-ring (bicyclic) bond motifs is 3. The van der Waals surface area contributed by atoms with Gasteiger partial charge in [0.1, 0.15) is 18.5 Å². The number of aliphatic hydroxyl groups is 1. The van der Waals surface area contributed by atoms with Crippen molar-refractivity contribution in [1.29, 1.82) is 0 Å². The van der Waals surface area contributed by atoms with E-state index in [0.29, 0.717) is 24.5 Å². The van der Waals surface area contributed by atoms with Gasteiger partial charge in [0, 0.05) is 72.5 Å². The Morgan fingerprint density at radius 1 is 0.880 bits per heavy atom. The van der Waals surface area contributed by atoms with Crippen molar-refractivity contribution in [1.82, 2.24) is 9.88 Å². The predicted molar refractivity (Wildman–Crippen MR) is 198 cm³/mol. The molecule has 4 N–H and O–H groups in total. The summed E-state index contributed by atoms with van der Waals surface area (Å²) < 4.78 is 34.8. The lowest BCUT2D eigenvalue weighted by Crippen LogP contribution is -2.60. The number of H-pyrrole nitrogens is 1. The Balaban J connectivity index is 0.979. The minimum absolute atomic E-state index is 0.0994. The highest BCUT2D eigenvalue weighted by atomic mass is 32.2. The van der Waals surface area contributed by atoms with Crippen LogP contribution in [-0.2, 0) is 21.4 Å². The first kappa shape index (κ1) is 33.2. The number of ether oxygens (including phenoxy) is 1. The monoisotopic (exact) mass is 689 g/mol. The largest absolute Gasteiger partial charge is 0.490 e. The molecule has 1 atom stereocenters. The van der Waals surface area contributed by atoms with E-state index in [1.54, 1.807) is 24.3 Å². The zero-order valence-corrected chi connectivity index (χ0v) is 28.4. The van der Waals surface area contributed by atoms with E-state index >= 15 is 0 Å². The smallest absolute Gasteiger partial charge is 0.261 e. The lowest BCUT2D eigenvalue weighted by molar-refractivity contribution is -0.114. The summed E-state index contributed by atoms with van der Waals surface area (Å²) in [5.74, 6) is 0.517. The fraction of sp³-hybridized carbons (Fsp3) is 0.205. The van der Waals surface area contributed by atoms with Crippen LogP contribution in [0.15, 0.2) is 126 Å². The average Bonchev–Trinajstić information content (AvgIpc) is 3.47. The second kappa shape index (κ2) is 14.2.